The van der Waals surface area contributed by atoms with Gasteiger partial charge in [0.2, 0.25) is 0 Å². The average molecular weight is 225 g/mol. The minimum Gasteiger partial charge on any atom is -0.374 e. The molecule has 0 aliphatic rings. The lowest BCUT2D eigenvalue weighted by Gasteiger charge is -2.19. The highest BCUT2D eigenvalue weighted by Gasteiger charge is 2.00. The summed E-state index contributed by atoms with van der Waals surface area (Å²) in [4.78, 5) is 2.30. The van der Waals surface area contributed by atoms with Crippen LogP contribution < -0.4 is 4.90 Å². The molecule has 0 saturated carbocycles. The lowest BCUT2D eigenvalue weighted by atomic mass is 10.1. The Morgan fingerprint density at radius 1 is 0.882 bits per heavy atom. The fourth-order valence-electron chi connectivity index (χ4n) is 1.87. The van der Waals surface area contributed by atoms with Crippen LogP contribution in [0.25, 0.3) is 0 Å². The summed E-state index contributed by atoms with van der Waals surface area (Å²) in [6.07, 6.45) is 1.09. The summed E-state index contributed by atoms with van der Waals surface area (Å²) in [5.74, 6) is 0. The Labute approximate surface area is 104 Å². The predicted molar refractivity (Wildman–Crippen MR) is 74.6 cm³/mol. The minimum atomic E-state index is 1.05. The molecule has 0 unspecified atom stereocenters. The number of nitrogens with zero attached hydrogens (tertiary/aromatic N) is 1. The van der Waals surface area contributed by atoms with Gasteiger partial charge < -0.3 is 4.90 Å². The van der Waals surface area contributed by atoms with Crippen LogP contribution in [0.4, 0.5) is 5.69 Å². The van der Waals surface area contributed by atoms with E-state index in [4.69, 9.17) is 0 Å². The zero-order valence-corrected chi connectivity index (χ0v) is 10.6. The molecule has 2 aromatic carbocycles. The van der Waals surface area contributed by atoms with Gasteiger partial charge in [0.1, 0.15) is 0 Å². The lowest BCUT2D eigenvalue weighted by molar-refractivity contribution is 0.876. The van der Waals surface area contributed by atoms with E-state index in [1.807, 2.05) is 0 Å². The molecule has 0 saturated heterocycles. The zero-order valence-electron chi connectivity index (χ0n) is 10.6. The first-order chi connectivity index (χ1) is 8.25. The summed E-state index contributed by atoms with van der Waals surface area (Å²) in [5.41, 5.74) is 3.99. The molecule has 2 aromatic rings. The van der Waals surface area contributed by atoms with E-state index in [1.54, 1.807) is 0 Å². The van der Waals surface area contributed by atoms with Crippen molar-refractivity contribution in [2.24, 2.45) is 0 Å². The largest absolute Gasteiger partial charge is 0.374 e. The van der Waals surface area contributed by atoms with Crippen molar-refractivity contribution in [1.82, 2.24) is 0 Å². The molecular weight excluding hydrogens is 206 g/mol. The van der Waals surface area contributed by atoms with Crippen LogP contribution in [0, 0.1) is 6.92 Å². The Morgan fingerprint density at radius 3 is 2.18 bits per heavy atom. The molecule has 2 rings (SSSR count). The fourth-order valence-corrected chi connectivity index (χ4v) is 1.87. The first-order valence-corrected chi connectivity index (χ1v) is 6.07. The van der Waals surface area contributed by atoms with Crippen LogP contribution in [-0.4, -0.2) is 13.6 Å². The molecule has 0 fully saturated rings. The SMILES string of the molecule is Cc1ccc(N(C)CCc2ccccc2)cc1. The smallest absolute Gasteiger partial charge is 0.0363 e. The topological polar surface area (TPSA) is 3.24 Å². The Morgan fingerprint density at radius 2 is 1.53 bits per heavy atom. The zero-order chi connectivity index (χ0) is 12.1. The van der Waals surface area contributed by atoms with Gasteiger partial charge in [0.05, 0.1) is 0 Å². The molecule has 0 aliphatic carbocycles. The number of rotatable bonds is 4. The van der Waals surface area contributed by atoms with Crippen LogP contribution in [0.3, 0.4) is 0 Å². The molecule has 88 valence electrons. The second-order valence-electron chi connectivity index (χ2n) is 4.49. The molecule has 0 heterocycles. The third kappa shape index (κ3) is 3.35. The standard InChI is InChI=1S/C16H19N/c1-14-8-10-16(11-9-14)17(2)13-12-15-6-4-3-5-7-15/h3-11H,12-13H2,1-2H3. The Bertz CT molecular complexity index is 445. The third-order valence-electron chi connectivity index (χ3n) is 3.05. The third-order valence-corrected chi connectivity index (χ3v) is 3.05. The molecule has 17 heavy (non-hydrogen) atoms. The Hall–Kier alpha value is -1.76. The van der Waals surface area contributed by atoms with Crippen molar-refractivity contribution in [3.8, 4) is 0 Å². The number of likely N-dealkylation sites (N-methyl/N-ethyl adjacent to an activating group) is 1. The summed E-state index contributed by atoms with van der Waals surface area (Å²) in [5, 5.41) is 0. The highest BCUT2D eigenvalue weighted by molar-refractivity contribution is 5.46. The maximum absolute atomic E-state index is 2.30. The van der Waals surface area contributed by atoms with Crippen molar-refractivity contribution in [3.63, 3.8) is 0 Å². The van der Waals surface area contributed by atoms with Crippen molar-refractivity contribution in [3.05, 3.63) is 65.7 Å². The number of anilines is 1. The van der Waals surface area contributed by atoms with E-state index in [-0.39, 0.29) is 0 Å². The summed E-state index contributed by atoms with van der Waals surface area (Å²) in [6.45, 7) is 3.17. The van der Waals surface area contributed by atoms with E-state index in [0.717, 1.165) is 13.0 Å². The number of aryl methyl sites for hydroxylation is 1. The van der Waals surface area contributed by atoms with Gasteiger partial charge in [-0.05, 0) is 31.0 Å². The van der Waals surface area contributed by atoms with E-state index in [1.165, 1.54) is 16.8 Å². The maximum atomic E-state index is 2.30. The first-order valence-electron chi connectivity index (χ1n) is 6.07. The predicted octanol–water partition coefficient (Wildman–Crippen LogP) is 3.67. The molecule has 0 atom stereocenters. The van der Waals surface area contributed by atoms with E-state index >= 15 is 0 Å². The molecule has 1 heteroatoms. The lowest BCUT2D eigenvalue weighted by Crippen LogP contribution is -2.20. The van der Waals surface area contributed by atoms with Crippen molar-refractivity contribution in [1.29, 1.82) is 0 Å². The molecule has 0 radical (unpaired) electrons. The highest BCUT2D eigenvalue weighted by Crippen LogP contribution is 2.13. The summed E-state index contributed by atoms with van der Waals surface area (Å²) in [6, 6.07) is 19.3. The van der Waals surface area contributed by atoms with Crippen LogP contribution >= 0.6 is 0 Å². The van der Waals surface area contributed by atoms with Gasteiger partial charge in [-0.15, -0.1) is 0 Å². The molecule has 0 bridgehead atoms. The van der Waals surface area contributed by atoms with E-state index in [9.17, 15) is 0 Å². The van der Waals surface area contributed by atoms with Crippen molar-refractivity contribution >= 4 is 5.69 Å². The van der Waals surface area contributed by atoms with Crippen molar-refractivity contribution < 1.29 is 0 Å². The van der Waals surface area contributed by atoms with Gasteiger partial charge >= 0.3 is 0 Å². The Kier molecular flexibility index (Phi) is 3.81. The molecule has 0 aliphatic heterocycles. The van der Waals surface area contributed by atoms with Gasteiger partial charge in [-0.1, -0.05) is 48.0 Å². The maximum Gasteiger partial charge on any atom is 0.0363 e. The molecule has 0 spiro atoms. The molecule has 1 nitrogen and oxygen atoms in total. The van der Waals surface area contributed by atoms with Crippen LogP contribution in [-0.2, 0) is 6.42 Å². The van der Waals surface area contributed by atoms with Crippen LogP contribution in [0.2, 0.25) is 0 Å². The van der Waals surface area contributed by atoms with Crippen LogP contribution in [0.5, 0.6) is 0 Å². The van der Waals surface area contributed by atoms with Crippen molar-refractivity contribution in [2.45, 2.75) is 13.3 Å². The fraction of sp³-hybridized carbons (Fsp3) is 0.250. The quantitative estimate of drug-likeness (QED) is 0.767. The summed E-state index contributed by atoms with van der Waals surface area (Å²) in [7, 11) is 2.15. The van der Waals surface area contributed by atoms with Crippen molar-refractivity contribution in [2.75, 3.05) is 18.5 Å². The highest BCUT2D eigenvalue weighted by atomic mass is 15.1. The summed E-state index contributed by atoms with van der Waals surface area (Å²) >= 11 is 0. The second-order valence-corrected chi connectivity index (χ2v) is 4.49. The van der Waals surface area contributed by atoms with Crippen LogP contribution in [0.1, 0.15) is 11.1 Å². The Balaban J connectivity index is 1.93. The van der Waals surface area contributed by atoms with Crippen LogP contribution in [0.15, 0.2) is 54.6 Å². The number of hydrogen-bond acceptors (Lipinski definition) is 1. The first kappa shape index (κ1) is 11.7. The molecule has 0 amide bonds. The van der Waals surface area contributed by atoms with E-state index in [2.05, 4.69) is 73.5 Å². The molecule has 0 aromatic heterocycles. The average Bonchev–Trinajstić information content (AvgIpc) is 2.38. The minimum absolute atomic E-state index is 1.05. The molecular formula is C16H19N. The molecule has 0 N–H and O–H groups in total. The number of benzene rings is 2. The van der Waals surface area contributed by atoms with E-state index < -0.39 is 0 Å². The van der Waals surface area contributed by atoms with Gasteiger partial charge in [-0.3, -0.25) is 0 Å². The summed E-state index contributed by atoms with van der Waals surface area (Å²) < 4.78 is 0. The van der Waals surface area contributed by atoms with E-state index in [0.29, 0.717) is 0 Å². The monoisotopic (exact) mass is 225 g/mol. The van der Waals surface area contributed by atoms with Gasteiger partial charge in [0.15, 0.2) is 0 Å². The second kappa shape index (κ2) is 5.53. The van der Waals surface area contributed by atoms with Gasteiger partial charge in [0, 0.05) is 19.3 Å². The normalized spacial score (nSPS) is 10.2. The van der Waals surface area contributed by atoms with Gasteiger partial charge in [0.25, 0.3) is 0 Å². The van der Waals surface area contributed by atoms with Gasteiger partial charge in [-0.2, -0.15) is 0 Å². The number of hydrogen-bond donors (Lipinski definition) is 0. The van der Waals surface area contributed by atoms with Gasteiger partial charge in [-0.25, -0.2) is 0 Å².